The van der Waals surface area contributed by atoms with Gasteiger partial charge < -0.3 is 19.2 Å². The molecular formula is C19H19N3O5. The molecule has 2 heterocycles. The summed E-state index contributed by atoms with van der Waals surface area (Å²) in [5.74, 6) is 1.04. The van der Waals surface area contributed by atoms with Gasteiger partial charge in [0, 0.05) is 11.6 Å². The van der Waals surface area contributed by atoms with Gasteiger partial charge in [-0.3, -0.25) is 9.59 Å². The minimum Gasteiger partial charge on any atom is -0.486 e. The molecule has 2 amide bonds. The van der Waals surface area contributed by atoms with Crippen molar-refractivity contribution in [2.45, 2.75) is 6.92 Å². The SMILES string of the molecule is C/C(=N\NC(=O)CNC(=O)/C=C/c1ccco1)c1ccc2c(c1)OCCO2. The smallest absolute Gasteiger partial charge is 0.259 e. The monoisotopic (exact) mass is 369 g/mol. The molecule has 0 saturated carbocycles. The van der Waals surface area contributed by atoms with Crippen molar-refractivity contribution >= 4 is 23.6 Å². The highest BCUT2D eigenvalue weighted by molar-refractivity contribution is 6.00. The number of furan rings is 1. The molecule has 8 nitrogen and oxygen atoms in total. The number of fused-ring (bicyclic) bond motifs is 1. The highest BCUT2D eigenvalue weighted by Crippen LogP contribution is 2.30. The lowest BCUT2D eigenvalue weighted by atomic mass is 10.1. The van der Waals surface area contributed by atoms with E-state index in [1.165, 1.54) is 18.4 Å². The zero-order chi connectivity index (χ0) is 19.1. The molecule has 140 valence electrons. The van der Waals surface area contributed by atoms with E-state index in [-0.39, 0.29) is 6.54 Å². The first-order valence-electron chi connectivity index (χ1n) is 8.34. The molecule has 1 aliphatic rings. The Bertz CT molecular complexity index is 871. The molecule has 0 saturated heterocycles. The Balaban J connectivity index is 1.48. The Labute approximate surface area is 155 Å². The Morgan fingerprint density at radius 2 is 2.00 bits per heavy atom. The molecule has 1 aromatic heterocycles. The van der Waals surface area contributed by atoms with Crippen molar-refractivity contribution in [1.82, 2.24) is 10.7 Å². The lowest BCUT2D eigenvalue weighted by molar-refractivity contribution is -0.123. The van der Waals surface area contributed by atoms with Crippen molar-refractivity contribution in [2.75, 3.05) is 19.8 Å². The van der Waals surface area contributed by atoms with E-state index in [0.717, 1.165) is 5.56 Å². The van der Waals surface area contributed by atoms with E-state index in [0.29, 0.717) is 36.2 Å². The first-order chi connectivity index (χ1) is 13.1. The number of benzene rings is 1. The van der Waals surface area contributed by atoms with E-state index in [2.05, 4.69) is 15.8 Å². The van der Waals surface area contributed by atoms with Crippen LogP contribution in [-0.2, 0) is 9.59 Å². The van der Waals surface area contributed by atoms with Crippen LogP contribution in [0.5, 0.6) is 11.5 Å². The van der Waals surface area contributed by atoms with Crippen LogP contribution in [0.25, 0.3) is 6.08 Å². The van der Waals surface area contributed by atoms with E-state index in [9.17, 15) is 9.59 Å². The molecule has 3 rings (SSSR count). The number of amides is 2. The molecule has 8 heteroatoms. The molecule has 0 radical (unpaired) electrons. The highest BCUT2D eigenvalue weighted by Gasteiger charge is 2.12. The fraction of sp³-hybridized carbons (Fsp3) is 0.211. The van der Waals surface area contributed by atoms with Crippen LogP contribution in [0, 0.1) is 0 Å². The number of hydrogen-bond donors (Lipinski definition) is 2. The van der Waals surface area contributed by atoms with Crippen molar-refractivity contribution in [2.24, 2.45) is 5.10 Å². The van der Waals surface area contributed by atoms with Crippen LogP contribution < -0.4 is 20.2 Å². The average molecular weight is 369 g/mol. The van der Waals surface area contributed by atoms with Crippen LogP contribution in [0.2, 0.25) is 0 Å². The van der Waals surface area contributed by atoms with Gasteiger partial charge in [-0.25, -0.2) is 5.43 Å². The summed E-state index contributed by atoms with van der Waals surface area (Å²) in [6.07, 6.45) is 4.31. The van der Waals surface area contributed by atoms with Crippen molar-refractivity contribution in [1.29, 1.82) is 0 Å². The molecule has 1 aliphatic heterocycles. The Morgan fingerprint density at radius 3 is 2.78 bits per heavy atom. The van der Waals surface area contributed by atoms with Crippen molar-refractivity contribution < 1.29 is 23.5 Å². The lowest BCUT2D eigenvalue weighted by Gasteiger charge is -2.18. The number of nitrogens with one attached hydrogen (secondary N) is 2. The predicted octanol–water partition coefficient (Wildman–Crippen LogP) is 1.72. The predicted molar refractivity (Wildman–Crippen MR) is 98.5 cm³/mol. The molecule has 0 bridgehead atoms. The largest absolute Gasteiger partial charge is 0.486 e. The Morgan fingerprint density at radius 1 is 1.19 bits per heavy atom. The van der Waals surface area contributed by atoms with Gasteiger partial charge in [0.05, 0.1) is 18.5 Å². The fourth-order valence-corrected chi connectivity index (χ4v) is 2.29. The first-order valence-corrected chi connectivity index (χ1v) is 8.34. The second kappa shape index (κ2) is 8.70. The number of rotatable bonds is 6. The van der Waals surface area contributed by atoms with Crippen molar-refractivity contribution in [3.63, 3.8) is 0 Å². The van der Waals surface area contributed by atoms with Gasteiger partial charge in [-0.2, -0.15) is 5.10 Å². The molecule has 0 spiro atoms. The normalized spacial score (nSPS) is 13.4. The standard InChI is InChI=1S/C19H19N3O5/c1-13(14-4-6-16-17(11-14)27-10-9-26-16)21-22-19(24)12-20-18(23)7-5-15-3-2-8-25-15/h2-8,11H,9-10,12H2,1H3,(H,20,23)(H,22,24)/b7-5+,21-13+. The van der Waals surface area contributed by atoms with Crippen molar-refractivity contribution in [3.05, 3.63) is 54.0 Å². The molecule has 0 fully saturated rings. The van der Waals surface area contributed by atoms with Gasteiger partial charge in [0.2, 0.25) is 5.91 Å². The zero-order valence-corrected chi connectivity index (χ0v) is 14.7. The minimum absolute atomic E-state index is 0.195. The Hall–Kier alpha value is -3.55. The summed E-state index contributed by atoms with van der Waals surface area (Å²) in [6, 6.07) is 8.87. The van der Waals surface area contributed by atoms with Gasteiger partial charge in [-0.05, 0) is 43.3 Å². The molecule has 0 aliphatic carbocycles. The van der Waals surface area contributed by atoms with Crippen LogP contribution in [0.3, 0.4) is 0 Å². The summed E-state index contributed by atoms with van der Waals surface area (Å²) in [7, 11) is 0. The van der Waals surface area contributed by atoms with Gasteiger partial charge in [0.25, 0.3) is 5.91 Å². The minimum atomic E-state index is -0.438. The van der Waals surface area contributed by atoms with Crippen LogP contribution in [0.1, 0.15) is 18.2 Å². The number of carbonyl (C=O) groups is 2. The zero-order valence-electron chi connectivity index (χ0n) is 14.7. The maximum atomic E-state index is 11.8. The topological polar surface area (TPSA) is 102 Å². The maximum absolute atomic E-state index is 11.8. The number of nitrogens with zero attached hydrogens (tertiary/aromatic N) is 1. The van der Waals surface area contributed by atoms with Crippen molar-refractivity contribution in [3.8, 4) is 11.5 Å². The fourth-order valence-electron chi connectivity index (χ4n) is 2.29. The van der Waals surface area contributed by atoms with E-state index in [1.54, 1.807) is 31.2 Å². The van der Waals surface area contributed by atoms with Crippen LogP contribution in [0.4, 0.5) is 0 Å². The number of hydrazone groups is 1. The van der Waals surface area contributed by atoms with Gasteiger partial charge in [0.1, 0.15) is 19.0 Å². The molecule has 2 aromatic rings. The molecular weight excluding hydrogens is 350 g/mol. The molecule has 1 aromatic carbocycles. The number of carbonyl (C=O) groups excluding carboxylic acids is 2. The van der Waals surface area contributed by atoms with Gasteiger partial charge in [0.15, 0.2) is 11.5 Å². The highest BCUT2D eigenvalue weighted by atomic mass is 16.6. The molecule has 0 atom stereocenters. The molecule has 2 N–H and O–H groups in total. The summed E-state index contributed by atoms with van der Waals surface area (Å²) in [5.41, 5.74) is 3.80. The maximum Gasteiger partial charge on any atom is 0.259 e. The summed E-state index contributed by atoms with van der Waals surface area (Å²) in [6.45, 7) is 2.59. The summed E-state index contributed by atoms with van der Waals surface area (Å²) >= 11 is 0. The van der Waals surface area contributed by atoms with Gasteiger partial charge >= 0.3 is 0 Å². The third kappa shape index (κ3) is 5.21. The van der Waals surface area contributed by atoms with Gasteiger partial charge in [-0.1, -0.05) is 0 Å². The molecule has 0 unspecified atom stereocenters. The van der Waals surface area contributed by atoms with Crippen LogP contribution >= 0.6 is 0 Å². The van der Waals surface area contributed by atoms with E-state index < -0.39 is 11.8 Å². The second-order valence-electron chi connectivity index (χ2n) is 5.66. The summed E-state index contributed by atoms with van der Waals surface area (Å²) < 4.78 is 16.1. The molecule has 27 heavy (non-hydrogen) atoms. The number of ether oxygens (including phenoxy) is 2. The first kappa shape index (κ1) is 18.2. The second-order valence-corrected chi connectivity index (χ2v) is 5.66. The Kier molecular flexibility index (Phi) is 5.88. The lowest BCUT2D eigenvalue weighted by Crippen LogP contribution is -2.34. The van der Waals surface area contributed by atoms with Gasteiger partial charge in [-0.15, -0.1) is 0 Å². The third-order valence-corrected chi connectivity index (χ3v) is 3.67. The van der Waals surface area contributed by atoms with Crippen LogP contribution in [0.15, 0.2) is 52.2 Å². The van der Waals surface area contributed by atoms with E-state index in [4.69, 9.17) is 13.9 Å². The van der Waals surface area contributed by atoms with E-state index in [1.807, 2.05) is 6.07 Å². The third-order valence-electron chi connectivity index (χ3n) is 3.67. The summed E-state index contributed by atoms with van der Waals surface area (Å²) in [5, 5.41) is 6.51. The average Bonchev–Trinajstić information content (AvgIpc) is 3.22. The summed E-state index contributed by atoms with van der Waals surface area (Å²) in [4.78, 5) is 23.5. The quantitative estimate of drug-likeness (QED) is 0.459. The number of hydrogen-bond acceptors (Lipinski definition) is 6. The van der Waals surface area contributed by atoms with Crippen LogP contribution in [-0.4, -0.2) is 37.3 Å². The van der Waals surface area contributed by atoms with E-state index >= 15 is 0 Å².